The van der Waals surface area contributed by atoms with Gasteiger partial charge in [0.05, 0.1) is 12.0 Å². The summed E-state index contributed by atoms with van der Waals surface area (Å²) in [5.41, 5.74) is 2.56. The first kappa shape index (κ1) is 18.6. The van der Waals surface area contributed by atoms with E-state index in [4.69, 9.17) is 5.11 Å². The summed E-state index contributed by atoms with van der Waals surface area (Å²) in [5.74, 6) is -1.20. The zero-order valence-corrected chi connectivity index (χ0v) is 15.2. The molecule has 1 N–H and O–H groups in total. The highest BCUT2D eigenvalue weighted by molar-refractivity contribution is 5.97. The Morgan fingerprint density at radius 1 is 0.889 bits per heavy atom. The predicted octanol–water partition coefficient (Wildman–Crippen LogP) is 2.22. The second-order valence-corrected chi connectivity index (χ2v) is 6.66. The SMILES string of the molecule is Cc1ccccc1CC(=O)N1CCN(C(=O)c2cccc(C(=O)O)c2)CC1. The molecule has 140 valence electrons. The minimum Gasteiger partial charge on any atom is -0.478 e. The normalized spacial score (nSPS) is 14.1. The Morgan fingerprint density at radius 3 is 2.19 bits per heavy atom. The molecule has 27 heavy (non-hydrogen) atoms. The van der Waals surface area contributed by atoms with Crippen LogP contribution in [0.3, 0.4) is 0 Å². The van der Waals surface area contributed by atoms with Crippen LogP contribution in [0.2, 0.25) is 0 Å². The van der Waals surface area contributed by atoms with Crippen LogP contribution in [0, 0.1) is 6.92 Å². The summed E-state index contributed by atoms with van der Waals surface area (Å²) < 4.78 is 0. The van der Waals surface area contributed by atoms with E-state index in [0.29, 0.717) is 38.2 Å². The average Bonchev–Trinajstić information content (AvgIpc) is 2.69. The van der Waals surface area contributed by atoms with Crippen molar-refractivity contribution >= 4 is 17.8 Å². The Morgan fingerprint density at radius 2 is 1.52 bits per heavy atom. The highest BCUT2D eigenvalue weighted by Crippen LogP contribution is 2.14. The maximum Gasteiger partial charge on any atom is 0.335 e. The lowest BCUT2D eigenvalue weighted by Crippen LogP contribution is -2.51. The van der Waals surface area contributed by atoms with Gasteiger partial charge in [-0.15, -0.1) is 0 Å². The van der Waals surface area contributed by atoms with Gasteiger partial charge in [0, 0.05) is 31.7 Å². The first-order valence-electron chi connectivity index (χ1n) is 8.90. The summed E-state index contributed by atoms with van der Waals surface area (Å²) in [6.45, 7) is 3.83. The van der Waals surface area contributed by atoms with Crippen LogP contribution in [-0.2, 0) is 11.2 Å². The summed E-state index contributed by atoms with van der Waals surface area (Å²) in [6.07, 6.45) is 0.362. The van der Waals surface area contributed by atoms with Gasteiger partial charge in [0.25, 0.3) is 5.91 Å². The third kappa shape index (κ3) is 4.34. The molecular formula is C21H22N2O4. The molecule has 1 fully saturated rings. The molecule has 1 aliphatic heterocycles. The molecule has 6 nitrogen and oxygen atoms in total. The molecule has 2 amide bonds. The maximum absolute atomic E-state index is 12.6. The van der Waals surface area contributed by atoms with Gasteiger partial charge in [0.2, 0.25) is 5.91 Å². The van der Waals surface area contributed by atoms with Crippen LogP contribution in [0.1, 0.15) is 31.8 Å². The second-order valence-electron chi connectivity index (χ2n) is 6.66. The Hall–Kier alpha value is -3.15. The summed E-state index contributed by atoms with van der Waals surface area (Å²) in [5, 5.41) is 9.07. The van der Waals surface area contributed by atoms with E-state index >= 15 is 0 Å². The Bertz CT molecular complexity index is 870. The van der Waals surface area contributed by atoms with E-state index in [9.17, 15) is 14.4 Å². The van der Waals surface area contributed by atoms with Crippen LogP contribution in [0.25, 0.3) is 0 Å². The van der Waals surface area contributed by atoms with Gasteiger partial charge in [0.1, 0.15) is 0 Å². The van der Waals surface area contributed by atoms with Crippen LogP contribution >= 0.6 is 0 Å². The fourth-order valence-corrected chi connectivity index (χ4v) is 3.21. The number of nitrogens with zero attached hydrogens (tertiary/aromatic N) is 2. The van der Waals surface area contributed by atoms with Gasteiger partial charge < -0.3 is 14.9 Å². The fourth-order valence-electron chi connectivity index (χ4n) is 3.21. The monoisotopic (exact) mass is 366 g/mol. The van der Waals surface area contributed by atoms with Crippen LogP contribution in [-0.4, -0.2) is 58.9 Å². The van der Waals surface area contributed by atoms with E-state index in [-0.39, 0.29) is 17.4 Å². The molecule has 0 aromatic heterocycles. The third-order valence-electron chi connectivity index (χ3n) is 4.88. The molecule has 0 atom stereocenters. The minimum atomic E-state index is -1.06. The van der Waals surface area contributed by atoms with E-state index in [1.54, 1.807) is 21.9 Å². The zero-order chi connectivity index (χ0) is 19.4. The lowest BCUT2D eigenvalue weighted by molar-refractivity contribution is -0.131. The van der Waals surface area contributed by atoms with Crippen LogP contribution in [0.4, 0.5) is 0 Å². The highest BCUT2D eigenvalue weighted by atomic mass is 16.4. The second kappa shape index (κ2) is 8.03. The quantitative estimate of drug-likeness (QED) is 0.900. The number of amides is 2. The number of aryl methyl sites for hydroxylation is 1. The molecule has 0 unspecified atom stereocenters. The van der Waals surface area contributed by atoms with Crippen molar-refractivity contribution in [3.05, 3.63) is 70.8 Å². The van der Waals surface area contributed by atoms with E-state index in [1.807, 2.05) is 31.2 Å². The number of hydrogen-bond donors (Lipinski definition) is 1. The summed E-state index contributed by atoms with van der Waals surface area (Å²) in [4.78, 5) is 39.7. The van der Waals surface area contributed by atoms with Crippen molar-refractivity contribution in [2.45, 2.75) is 13.3 Å². The molecular weight excluding hydrogens is 344 g/mol. The first-order valence-corrected chi connectivity index (χ1v) is 8.90. The van der Waals surface area contributed by atoms with Crippen molar-refractivity contribution in [2.75, 3.05) is 26.2 Å². The molecule has 1 heterocycles. The molecule has 0 radical (unpaired) electrons. The molecule has 2 aromatic carbocycles. The van der Waals surface area contributed by atoms with Gasteiger partial charge in [-0.25, -0.2) is 4.79 Å². The number of rotatable bonds is 4. The van der Waals surface area contributed by atoms with E-state index < -0.39 is 5.97 Å². The number of carboxylic acid groups (broad SMARTS) is 1. The van der Waals surface area contributed by atoms with Gasteiger partial charge in [0.15, 0.2) is 0 Å². The predicted molar refractivity (Wildman–Crippen MR) is 101 cm³/mol. The number of aromatic carboxylic acids is 1. The van der Waals surface area contributed by atoms with E-state index in [2.05, 4.69) is 0 Å². The lowest BCUT2D eigenvalue weighted by Gasteiger charge is -2.35. The van der Waals surface area contributed by atoms with Crippen molar-refractivity contribution in [1.29, 1.82) is 0 Å². The number of hydrogen-bond acceptors (Lipinski definition) is 3. The molecule has 2 aromatic rings. The maximum atomic E-state index is 12.6. The molecule has 3 rings (SSSR count). The number of carbonyl (C=O) groups is 3. The standard InChI is InChI=1S/C21H22N2O4/c1-15-5-2-3-6-16(15)14-19(24)22-9-11-23(12-10-22)20(25)17-7-4-8-18(13-17)21(26)27/h2-8,13H,9-12,14H2,1H3,(H,26,27). The Kier molecular flexibility index (Phi) is 5.54. The van der Waals surface area contributed by atoms with Gasteiger partial charge >= 0.3 is 5.97 Å². The van der Waals surface area contributed by atoms with Crippen LogP contribution in [0.15, 0.2) is 48.5 Å². The number of piperazine rings is 1. The fraction of sp³-hybridized carbons (Fsp3) is 0.286. The first-order chi connectivity index (χ1) is 13.0. The van der Waals surface area contributed by atoms with Crippen molar-refractivity contribution in [2.24, 2.45) is 0 Å². The van der Waals surface area contributed by atoms with Crippen LogP contribution in [0.5, 0.6) is 0 Å². The minimum absolute atomic E-state index is 0.0595. The van der Waals surface area contributed by atoms with Crippen molar-refractivity contribution < 1.29 is 19.5 Å². The smallest absolute Gasteiger partial charge is 0.335 e. The van der Waals surface area contributed by atoms with E-state index in [1.165, 1.54) is 12.1 Å². The van der Waals surface area contributed by atoms with Gasteiger partial charge in [-0.05, 0) is 36.2 Å². The van der Waals surface area contributed by atoms with E-state index in [0.717, 1.165) is 11.1 Å². The molecule has 0 spiro atoms. The Balaban J connectivity index is 1.59. The summed E-state index contributed by atoms with van der Waals surface area (Å²) in [6, 6.07) is 13.9. The van der Waals surface area contributed by atoms with Crippen molar-refractivity contribution in [3.8, 4) is 0 Å². The molecule has 6 heteroatoms. The zero-order valence-electron chi connectivity index (χ0n) is 15.2. The molecule has 0 saturated carbocycles. The average molecular weight is 366 g/mol. The summed E-state index contributed by atoms with van der Waals surface area (Å²) in [7, 11) is 0. The number of carboxylic acids is 1. The third-order valence-corrected chi connectivity index (χ3v) is 4.88. The molecule has 0 bridgehead atoms. The van der Waals surface area contributed by atoms with Crippen molar-refractivity contribution in [3.63, 3.8) is 0 Å². The highest BCUT2D eigenvalue weighted by Gasteiger charge is 2.25. The van der Waals surface area contributed by atoms with Gasteiger partial charge in [-0.3, -0.25) is 9.59 Å². The number of benzene rings is 2. The number of carbonyl (C=O) groups excluding carboxylic acids is 2. The molecule has 1 aliphatic rings. The molecule has 1 saturated heterocycles. The Labute approximate surface area is 158 Å². The van der Waals surface area contributed by atoms with Gasteiger partial charge in [-0.2, -0.15) is 0 Å². The van der Waals surface area contributed by atoms with Crippen LogP contribution < -0.4 is 0 Å². The molecule has 0 aliphatic carbocycles. The summed E-state index contributed by atoms with van der Waals surface area (Å²) >= 11 is 0. The lowest BCUT2D eigenvalue weighted by atomic mass is 10.0. The van der Waals surface area contributed by atoms with Gasteiger partial charge in [-0.1, -0.05) is 30.3 Å². The van der Waals surface area contributed by atoms with Crippen molar-refractivity contribution in [1.82, 2.24) is 9.80 Å². The topological polar surface area (TPSA) is 77.9 Å². The largest absolute Gasteiger partial charge is 0.478 e.